The Kier molecular flexibility index (Phi) is 5.10. The lowest BCUT2D eigenvalue weighted by Crippen LogP contribution is -2.55. The quantitative estimate of drug-likeness (QED) is 0.788. The molecule has 1 heterocycles. The minimum absolute atomic E-state index is 0.00163. The van der Waals surface area contributed by atoms with Crippen molar-refractivity contribution in [3.8, 4) is 0 Å². The van der Waals surface area contributed by atoms with Crippen LogP contribution in [0.15, 0.2) is 0 Å². The third kappa shape index (κ3) is 4.57. The summed E-state index contributed by atoms with van der Waals surface area (Å²) in [6.45, 7) is 18.0. The number of rotatable bonds is 3. The lowest BCUT2D eigenvalue weighted by molar-refractivity contribution is -0.126. The fourth-order valence-corrected chi connectivity index (χ4v) is 3.43. The Morgan fingerprint density at radius 1 is 1.20 bits per heavy atom. The zero-order valence-electron chi connectivity index (χ0n) is 14.4. The first-order chi connectivity index (χ1) is 8.83. The first kappa shape index (κ1) is 17.7. The van der Waals surface area contributed by atoms with E-state index < -0.39 is 8.32 Å². The molecule has 0 aliphatic carbocycles. The lowest BCUT2D eigenvalue weighted by Gasteiger charge is -2.39. The Morgan fingerprint density at radius 2 is 1.75 bits per heavy atom. The highest BCUT2D eigenvalue weighted by molar-refractivity contribution is 6.74. The molecule has 4 nitrogen and oxygen atoms in total. The normalized spacial score (nSPS) is 24.8. The van der Waals surface area contributed by atoms with Crippen LogP contribution in [0, 0.1) is 0 Å². The van der Waals surface area contributed by atoms with Crippen LogP contribution in [0.5, 0.6) is 0 Å². The maximum Gasteiger partial charge on any atom is 0.240 e. The molecule has 0 saturated carbocycles. The predicted molar refractivity (Wildman–Crippen MR) is 86.4 cm³/mol. The molecule has 118 valence electrons. The van der Waals surface area contributed by atoms with Gasteiger partial charge in [-0.3, -0.25) is 4.79 Å². The predicted octanol–water partition coefficient (Wildman–Crippen LogP) is 2.65. The first-order valence-electron chi connectivity index (χ1n) is 7.57. The summed E-state index contributed by atoms with van der Waals surface area (Å²) >= 11 is 0. The summed E-state index contributed by atoms with van der Waals surface area (Å²) in [5.41, 5.74) is -0.205. The van der Waals surface area contributed by atoms with E-state index in [1.807, 2.05) is 20.8 Å². The minimum Gasteiger partial charge on any atom is -0.412 e. The van der Waals surface area contributed by atoms with Crippen molar-refractivity contribution in [1.29, 1.82) is 0 Å². The van der Waals surface area contributed by atoms with Gasteiger partial charge in [-0.25, -0.2) is 0 Å². The highest BCUT2D eigenvalue weighted by Gasteiger charge is 2.43. The third-order valence-electron chi connectivity index (χ3n) is 4.20. The van der Waals surface area contributed by atoms with Gasteiger partial charge < -0.3 is 15.1 Å². The van der Waals surface area contributed by atoms with Crippen molar-refractivity contribution in [2.24, 2.45) is 0 Å². The molecule has 20 heavy (non-hydrogen) atoms. The molecule has 0 bridgehead atoms. The van der Waals surface area contributed by atoms with Gasteiger partial charge in [-0.2, -0.15) is 0 Å². The van der Waals surface area contributed by atoms with Gasteiger partial charge in [0.2, 0.25) is 5.91 Å². The largest absolute Gasteiger partial charge is 0.412 e. The van der Waals surface area contributed by atoms with E-state index in [1.54, 1.807) is 0 Å². The topological polar surface area (TPSA) is 50.4 Å². The fourth-order valence-electron chi connectivity index (χ4n) is 2.07. The van der Waals surface area contributed by atoms with Crippen molar-refractivity contribution in [2.45, 2.75) is 83.8 Å². The van der Waals surface area contributed by atoms with Crippen molar-refractivity contribution in [3.63, 3.8) is 0 Å². The Labute approximate surface area is 125 Å². The molecule has 0 spiro atoms. The van der Waals surface area contributed by atoms with E-state index in [1.165, 1.54) is 0 Å². The average molecular weight is 301 g/mol. The van der Waals surface area contributed by atoms with Gasteiger partial charge in [0.25, 0.3) is 0 Å². The molecular formula is C15H32N2O2Si. The summed E-state index contributed by atoms with van der Waals surface area (Å²) in [6, 6.07) is -0.219. The smallest absolute Gasteiger partial charge is 0.240 e. The van der Waals surface area contributed by atoms with Crippen LogP contribution in [0.2, 0.25) is 18.1 Å². The molecule has 1 saturated heterocycles. The number of carbonyl (C=O) groups is 1. The Balaban J connectivity index is 2.73. The molecule has 0 radical (unpaired) electrons. The summed E-state index contributed by atoms with van der Waals surface area (Å²) < 4.78 is 6.43. The van der Waals surface area contributed by atoms with Gasteiger partial charge in [0.15, 0.2) is 8.32 Å². The van der Waals surface area contributed by atoms with Crippen molar-refractivity contribution >= 4 is 14.2 Å². The van der Waals surface area contributed by atoms with Crippen LogP contribution in [0.3, 0.4) is 0 Å². The van der Waals surface area contributed by atoms with Gasteiger partial charge in [0.1, 0.15) is 6.04 Å². The van der Waals surface area contributed by atoms with Crippen LogP contribution >= 0.6 is 0 Å². The van der Waals surface area contributed by atoms with Crippen LogP contribution in [0.4, 0.5) is 0 Å². The summed E-state index contributed by atoms with van der Waals surface area (Å²) in [4.78, 5) is 12.4. The first-order valence-corrected chi connectivity index (χ1v) is 10.5. The molecule has 1 aliphatic heterocycles. The highest BCUT2D eigenvalue weighted by atomic mass is 28.4. The van der Waals surface area contributed by atoms with Crippen LogP contribution in [-0.4, -0.2) is 38.5 Å². The van der Waals surface area contributed by atoms with Crippen molar-refractivity contribution < 1.29 is 9.22 Å². The van der Waals surface area contributed by atoms with Crippen LogP contribution in [0.25, 0.3) is 0 Å². The molecule has 0 aromatic carbocycles. The van der Waals surface area contributed by atoms with Crippen molar-refractivity contribution in [1.82, 2.24) is 10.6 Å². The second kappa shape index (κ2) is 5.77. The van der Waals surface area contributed by atoms with Gasteiger partial charge in [0, 0.05) is 5.54 Å². The molecule has 0 aromatic heterocycles. The number of nitrogens with one attached hydrogen (secondary N) is 2. The highest BCUT2D eigenvalue weighted by Crippen LogP contribution is 2.38. The second-order valence-electron chi connectivity index (χ2n) is 8.38. The van der Waals surface area contributed by atoms with E-state index in [4.69, 9.17) is 4.43 Å². The van der Waals surface area contributed by atoms with E-state index in [0.29, 0.717) is 0 Å². The Bertz CT molecular complexity index is 356. The summed E-state index contributed by atoms with van der Waals surface area (Å²) in [5.74, 6) is 0.0544. The molecule has 0 aromatic rings. The molecule has 2 N–H and O–H groups in total. The Hall–Kier alpha value is -0.393. The fraction of sp³-hybridized carbons (Fsp3) is 0.933. The monoisotopic (exact) mass is 300 g/mol. The van der Waals surface area contributed by atoms with Gasteiger partial charge >= 0.3 is 0 Å². The number of hydrogen-bond donors (Lipinski definition) is 2. The van der Waals surface area contributed by atoms with E-state index in [0.717, 1.165) is 13.0 Å². The number of carbonyl (C=O) groups excluding carboxylic acids is 1. The number of hydrogen-bond acceptors (Lipinski definition) is 3. The SMILES string of the molecule is CC(C)(C)NC(=O)[C@H]1NCCC1O[Si](C)(C)C(C)(C)C. The summed E-state index contributed by atoms with van der Waals surface area (Å²) in [5, 5.41) is 6.51. The second-order valence-corrected chi connectivity index (χ2v) is 13.1. The van der Waals surface area contributed by atoms with Crippen LogP contribution in [-0.2, 0) is 9.22 Å². The summed E-state index contributed by atoms with van der Waals surface area (Å²) in [6.07, 6.45) is 0.910. The Morgan fingerprint density at radius 3 is 2.20 bits per heavy atom. The molecule has 2 atom stereocenters. The van der Waals surface area contributed by atoms with Gasteiger partial charge in [0.05, 0.1) is 6.10 Å². The third-order valence-corrected chi connectivity index (χ3v) is 8.70. The van der Waals surface area contributed by atoms with E-state index >= 15 is 0 Å². The van der Waals surface area contributed by atoms with Crippen LogP contribution < -0.4 is 10.6 Å². The lowest BCUT2D eigenvalue weighted by atomic mass is 10.1. The average Bonchev–Trinajstić information content (AvgIpc) is 2.60. The zero-order valence-corrected chi connectivity index (χ0v) is 15.4. The van der Waals surface area contributed by atoms with Crippen molar-refractivity contribution in [2.75, 3.05) is 6.54 Å². The van der Waals surface area contributed by atoms with Gasteiger partial charge in [-0.05, 0) is 51.9 Å². The molecule has 1 fully saturated rings. The van der Waals surface area contributed by atoms with E-state index in [2.05, 4.69) is 44.5 Å². The molecule has 1 aliphatic rings. The molecule has 1 unspecified atom stereocenters. The molecule has 1 amide bonds. The van der Waals surface area contributed by atoms with E-state index in [9.17, 15) is 4.79 Å². The van der Waals surface area contributed by atoms with Gasteiger partial charge in [-0.15, -0.1) is 0 Å². The zero-order chi connectivity index (χ0) is 15.8. The van der Waals surface area contributed by atoms with Gasteiger partial charge in [-0.1, -0.05) is 20.8 Å². The summed E-state index contributed by atoms with van der Waals surface area (Å²) in [7, 11) is -1.84. The maximum absolute atomic E-state index is 12.4. The van der Waals surface area contributed by atoms with E-state index in [-0.39, 0.29) is 28.6 Å². The molecule has 5 heteroatoms. The molecule has 1 rings (SSSR count). The standard InChI is InChI=1S/C15H32N2O2Si/c1-14(2,3)17-13(18)12-11(9-10-16-12)19-20(7,8)15(4,5)6/h11-12,16H,9-10H2,1-8H3,(H,17,18)/t11?,12-/m0/s1. The van der Waals surface area contributed by atoms with Crippen molar-refractivity contribution in [3.05, 3.63) is 0 Å². The minimum atomic E-state index is -1.84. The number of amides is 1. The molecular weight excluding hydrogens is 268 g/mol. The van der Waals surface area contributed by atoms with Crippen LogP contribution in [0.1, 0.15) is 48.0 Å². The maximum atomic E-state index is 12.4.